The third-order valence-corrected chi connectivity index (χ3v) is 3.34. The smallest absolute Gasteiger partial charge is 0.0728 e. The summed E-state index contributed by atoms with van der Waals surface area (Å²) in [7, 11) is 1.95. The van der Waals surface area contributed by atoms with E-state index in [1.54, 1.807) is 0 Å². The molecule has 1 fully saturated rings. The summed E-state index contributed by atoms with van der Waals surface area (Å²) in [4.78, 5) is 2.54. The summed E-state index contributed by atoms with van der Waals surface area (Å²) in [6.45, 7) is 6.95. The molecule has 16 heavy (non-hydrogen) atoms. The minimum absolute atomic E-state index is 0.610. The summed E-state index contributed by atoms with van der Waals surface area (Å²) >= 11 is 0. The first-order valence-corrected chi connectivity index (χ1v) is 6.14. The zero-order valence-electron chi connectivity index (χ0n) is 10.5. The van der Waals surface area contributed by atoms with Gasteiger partial charge >= 0.3 is 0 Å². The van der Waals surface area contributed by atoms with Gasteiger partial charge in [-0.3, -0.25) is 4.68 Å². The van der Waals surface area contributed by atoms with Crippen molar-refractivity contribution in [3.05, 3.63) is 12.4 Å². The van der Waals surface area contributed by atoms with Gasteiger partial charge in [0, 0.05) is 38.4 Å². The normalized spacial score (nSPS) is 19.2. The maximum absolute atomic E-state index is 4.17. The highest BCUT2D eigenvalue weighted by Crippen LogP contribution is 2.17. The number of aromatic nitrogens is 2. The minimum Gasteiger partial charge on any atom is -0.380 e. The van der Waals surface area contributed by atoms with Gasteiger partial charge in [0.15, 0.2) is 0 Å². The van der Waals surface area contributed by atoms with Crippen LogP contribution in [0, 0.1) is 0 Å². The average molecular weight is 222 g/mol. The number of aryl methyl sites for hydroxylation is 1. The van der Waals surface area contributed by atoms with Gasteiger partial charge in [0.2, 0.25) is 0 Å². The standard InChI is InChI=1S/C12H22N4/c1-10(2)16-6-4-11(5-7-16)14-12-8-13-15(3)9-12/h8-11,14H,4-7H2,1-3H3. The van der Waals surface area contributed by atoms with Crippen LogP contribution in [-0.2, 0) is 7.05 Å². The molecule has 2 rings (SSSR count). The summed E-state index contributed by atoms with van der Waals surface area (Å²) in [5.74, 6) is 0. The van der Waals surface area contributed by atoms with Gasteiger partial charge in [-0.25, -0.2) is 0 Å². The molecular formula is C12H22N4. The summed E-state index contributed by atoms with van der Waals surface area (Å²) in [5.41, 5.74) is 1.14. The van der Waals surface area contributed by atoms with E-state index in [0.717, 1.165) is 5.69 Å². The van der Waals surface area contributed by atoms with E-state index in [4.69, 9.17) is 0 Å². The Labute approximate surface area is 97.6 Å². The molecule has 0 aromatic carbocycles. The van der Waals surface area contributed by atoms with Gasteiger partial charge in [0.1, 0.15) is 0 Å². The van der Waals surface area contributed by atoms with Crippen molar-refractivity contribution >= 4 is 5.69 Å². The molecule has 2 heterocycles. The van der Waals surface area contributed by atoms with Crippen molar-refractivity contribution in [1.82, 2.24) is 14.7 Å². The third kappa shape index (κ3) is 2.76. The van der Waals surface area contributed by atoms with Gasteiger partial charge in [-0.05, 0) is 26.7 Å². The maximum Gasteiger partial charge on any atom is 0.0728 e. The Hall–Kier alpha value is -1.03. The van der Waals surface area contributed by atoms with Crippen LogP contribution in [0.4, 0.5) is 5.69 Å². The number of nitrogens with one attached hydrogen (secondary N) is 1. The Bertz CT molecular complexity index is 324. The lowest BCUT2D eigenvalue weighted by molar-refractivity contribution is 0.177. The molecule has 1 aromatic heterocycles. The highest BCUT2D eigenvalue weighted by molar-refractivity contribution is 5.39. The van der Waals surface area contributed by atoms with Crippen LogP contribution in [-0.4, -0.2) is 39.9 Å². The zero-order valence-corrected chi connectivity index (χ0v) is 10.5. The minimum atomic E-state index is 0.610. The molecule has 0 saturated carbocycles. The molecule has 0 amide bonds. The van der Waals surface area contributed by atoms with Crippen LogP contribution in [0.3, 0.4) is 0 Å². The number of piperidine rings is 1. The Balaban J connectivity index is 1.81. The van der Waals surface area contributed by atoms with Crippen molar-refractivity contribution in [2.75, 3.05) is 18.4 Å². The molecule has 4 heteroatoms. The van der Waals surface area contributed by atoms with Crippen molar-refractivity contribution in [3.63, 3.8) is 0 Å². The highest BCUT2D eigenvalue weighted by atomic mass is 15.3. The average Bonchev–Trinajstić information content (AvgIpc) is 2.65. The fourth-order valence-corrected chi connectivity index (χ4v) is 2.29. The van der Waals surface area contributed by atoms with Gasteiger partial charge in [-0.2, -0.15) is 5.10 Å². The molecule has 0 aliphatic carbocycles. The lowest BCUT2D eigenvalue weighted by Gasteiger charge is -2.35. The quantitative estimate of drug-likeness (QED) is 0.845. The molecule has 0 radical (unpaired) electrons. The SMILES string of the molecule is CC(C)N1CCC(Nc2cnn(C)c2)CC1. The maximum atomic E-state index is 4.17. The second-order valence-corrected chi connectivity index (χ2v) is 4.95. The number of anilines is 1. The number of likely N-dealkylation sites (tertiary alicyclic amines) is 1. The summed E-state index contributed by atoms with van der Waals surface area (Å²) in [5, 5.41) is 7.72. The second-order valence-electron chi connectivity index (χ2n) is 4.95. The fourth-order valence-electron chi connectivity index (χ4n) is 2.29. The molecule has 0 spiro atoms. The second kappa shape index (κ2) is 4.87. The van der Waals surface area contributed by atoms with E-state index in [1.165, 1.54) is 25.9 Å². The predicted octanol–water partition coefficient (Wildman–Crippen LogP) is 1.70. The molecule has 1 aromatic rings. The molecule has 1 aliphatic rings. The third-order valence-electron chi connectivity index (χ3n) is 3.34. The van der Waals surface area contributed by atoms with Crippen molar-refractivity contribution in [3.8, 4) is 0 Å². The van der Waals surface area contributed by atoms with Gasteiger partial charge in [0.05, 0.1) is 11.9 Å². The Kier molecular flexibility index (Phi) is 3.49. The monoisotopic (exact) mass is 222 g/mol. The largest absolute Gasteiger partial charge is 0.380 e. The van der Waals surface area contributed by atoms with E-state index in [0.29, 0.717) is 12.1 Å². The van der Waals surface area contributed by atoms with Crippen LogP contribution < -0.4 is 5.32 Å². The van der Waals surface area contributed by atoms with E-state index in [2.05, 4.69) is 29.2 Å². The zero-order chi connectivity index (χ0) is 11.5. The summed E-state index contributed by atoms with van der Waals surface area (Å²) < 4.78 is 1.84. The molecule has 4 nitrogen and oxygen atoms in total. The molecule has 1 N–H and O–H groups in total. The summed E-state index contributed by atoms with van der Waals surface area (Å²) in [6, 6.07) is 1.29. The first kappa shape index (κ1) is 11.5. The van der Waals surface area contributed by atoms with Crippen molar-refractivity contribution in [2.45, 2.75) is 38.8 Å². The van der Waals surface area contributed by atoms with E-state index < -0.39 is 0 Å². The lowest BCUT2D eigenvalue weighted by Crippen LogP contribution is -2.42. The molecule has 1 saturated heterocycles. The van der Waals surface area contributed by atoms with Crippen LogP contribution in [0.2, 0.25) is 0 Å². The van der Waals surface area contributed by atoms with E-state index in [-0.39, 0.29) is 0 Å². The van der Waals surface area contributed by atoms with E-state index in [9.17, 15) is 0 Å². The number of rotatable bonds is 3. The lowest BCUT2D eigenvalue weighted by atomic mass is 10.0. The number of hydrogen-bond donors (Lipinski definition) is 1. The Morgan fingerprint density at radius 1 is 1.38 bits per heavy atom. The van der Waals surface area contributed by atoms with E-state index >= 15 is 0 Å². The summed E-state index contributed by atoms with van der Waals surface area (Å²) in [6.07, 6.45) is 6.39. The first-order valence-electron chi connectivity index (χ1n) is 6.14. The molecule has 0 atom stereocenters. The van der Waals surface area contributed by atoms with Gasteiger partial charge in [0.25, 0.3) is 0 Å². The van der Waals surface area contributed by atoms with Crippen LogP contribution in [0.5, 0.6) is 0 Å². The fraction of sp³-hybridized carbons (Fsp3) is 0.750. The topological polar surface area (TPSA) is 33.1 Å². The first-order chi connectivity index (χ1) is 7.65. The molecule has 90 valence electrons. The number of hydrogen-bond acceptors (Lipinski definition) is 3. The van der Waals surface area contributed by atoms with E-state index in [1.807, 2.05) is 24.1 Å². The van der Waals surface area contributed by atoms with Crippen molar-refractivity contribution in [2.24, 2.45) is 7.05 Å². The Morgan fingerprint density at radius 3 is 2.56 bits per heavy atom. The van der Waals surface area contributed by atoms with Crippen molar-refractivity contribution in [1.29, 1.82) is 0 Å². The number of nitrogens with zero attached hydrogens (tertiary/aromatic N) is 3. The highest BCUT2D eigenvalue weighted by Gasteiger charge is 2.20. The molecule has 0 unspecified atom stereocenters. The van der Waals surface area contributed by atoms with Crippen LogP contribution in [0.25, 0.3) is 0 Å². The van der Waals surface area contributed by atoms with Crippen molar-refractivity contribution < 1.29 is 0 Å². The van der Waals surface area contributed by atoms with Crippen LogP contribution in [0.15, 0.2) is 12.4 Å². The Morgan fingerprint density at radius 2 is 2.06 bits per heavy atom. The predicted molar refractivity (Wildman–Crippen MR) is 66.6 cm³/mol. The van der Waals surface area contributed by atoms with Gasteiger partial charge in [-0.1, -0.05) is 0 Å². The van der Waals surface area contributed by atoms with Gasteiger partial charge < -0.3 is 10.2 Å². The molecule has 1 aliphatic heterocycles. The van der Waals surface area contributed by atoms with Crippen LogP contribution >= 0.6 is 0 Å². The molecular weight excluding hydrogens is 200 g/mol. The van der Waals surface area contributed by atoms with Crippen LogP contribution in [0.1, 0.15) is 26.7 Å². The molecule has 0 bridgehead atoms. The van der Waals surface area contributed by atoms with Gasteiger partial charge in [-0.15, -0.1) is 0 Å².